The monoisotopic (exact) mass is 347 g/mol. The molecular formula is C20H18FN5. The molecule has 1 aliphatic carbocycles. The zero-order valence-corrected chi connectivity index (χ0v) is 14.4. The van der Waals surface area contributed by atoms with Crippen molar-refractivity contribution in [2.45, 2.75) is 19.8 Å². The molecule has 6 heteroatoms. The second-order valence-corrected chi connectivity index (χ2v) is 6.94. The Labute approximate surface area is 149 Å². The average Bonchev–Trinajstić information content (AvgIpc) is 3.37. The van der Waals surface area contributed by atoms with E-state index in [1.54, 1.807) is 18.2 Å². The van der Waals surface area contributed by atoms with E-state index in [1.807, 2.05) is 29.5 Å². The smallest absolute Gasteiger partial charge is 0.211 e. The van der Waals surface area contributed by atoms with Crippen LogP contribution in [-0.4, -0.2) is 26.1 Å². The van der Waals surface area contributed by atoms with Crippen LogP contribution in [0.4, 0.5) is 10.3 Å². The number of rotatable bonds is 4. The second-order valence-electron chi connectivity index (χ2n) is 6.94. The van der Waals surface area contributed by atoms with Crippen LogP contribution < -0.4 is 5.32 Å². The molecule has 4 aromatic rings. The van der Waals surface area contributed by atoms with Crippen LogP contribution in [0, 0.1) is 18.7 Å². The SMILES string of the molecule is Cc1ccc2nc(NCC3CC3)n3c(-c4ccccc4F)nnc3c2c1. The third-order valence-corrected chi connectivity index (χ3v) is 4.85. The summed E-state index contributed by atoms with van der Waals surface area (Å²) in [7, 11) is 0. The van der Waals surface area contributed by atoms with Crippen molar-refractivity contribution in [2.24, 2.45) is 5.92 Å². The Morgan fingerprint density at radius 1 is 1.15 bits per heavy atom. The predicted molar refractivity (Wildman–Crippen MR) is 99.6 cm³/mol. The topological polar surface area (TPSA) is 55.1 Å². The lowest BCUT2D eigenvalue weighted by Crippen LogP contribution is -2.10. The van der Waals surface area contributed by atoms with Gasteiger partial charge in [0.05, 0.1) is 11.1 Å². The van der Waals surface area contributed by atoms with Gasteiger partial charge in [-0.3, -0.25) is 0 Å². The second kappa shape index (κ2) is 5.76. The van der Waals surface area contributed by atoms with E-state index >= 15 is 0 Å². The number of nitrogens with zero attached hydrogens (tertiary/aromatic N) is 4. The molecule has 2 heterocycles. The van der Waals surface area contributed by atoms with Gasteiger partial charge < -0.3 is 5.32 Å². The van der Waals surface area contributed by atoms with Gasteiger partial charge in [-0.1, -0.05) is 23.8 Å². The number of aryl methyl sites for hydroxylation is 1. The summed E-state index contributed by atoms with van der Waals surface area (Å²) in [5.41, 5.74) is 3.09. The molecule has 0 amide bonds. The Morgan fingerprint density at radius 3 is 2.81 bits per heavy atom. The number of hydrogen-bond acceptors (Lipinski definition) is 4. The number of halogens is 1. The maximum atomic E-state index is 14.4. The van der Waals surface area contributed by atoms with Crippen LogP contribution in [0.2, 0.25) is 0 Å². The number of fused-ring (bicyclic) bond motifs is 3. The van der Waals surface area contributed by atoms with Gasteiger partial charge in [0.15, 0.2) is 11.5 Å². The molecular weight excluding hydrogens is 329 g/mol. The first-order valence-corrected chi connectivity index (χ1v) is 8.85. The van der Waals surface area contributed by atoms with E-state index < -0.39 is 0 Å². The van der Waals surface area contributed by atoms with Crippen LogP contribution in [0.1, 0.15) is 18.4 Å². The number of benzene rings is 2. The molecule has 26 heavy (non-hydrogen) atoms. The number of nitrogens with one attached hydrogen (secondary N) is 1. The van der Waals surface area contributed by atoms with Gasteiger partial charge >= 0.3 is 0 Å². The summed E-state index contributed by atoms with van der Waals surface area (Å²) in [6, 6.07) is 12.7. The minimum Gasteiger partial charge on any atom is -0.355 e. The van der Waals surface area contributed by atoms with Gasteiger partial charge in [-0.25, -0.2) is 13.8 Å². The van der Waals surface area contributed by atoms with Crippen LogP contribution in [0.25, 0.3) is 27.9 Å². The fourth-order valence-electron chi connectivity index (χ4n) is 3.24. The summed E-state index contributed by atoms with van der Waals surface area (Å²) in [5, 5.41) is 13.0. The fraction of sp³-hybridized carbons (Fsp3) is 0.250. The van der Waals surface area contributed by atoms with Crippen molar-refractivity contribution in [3.8, 4) is 11.4 Å². The molecule has 2 aromatic heterocycles. The molecule has 5 rings (SSSR count). The zero-order chi connectivity index (χ0) is 17.7. The van der Waals surface area contributed by atoms with Crippen molar-refractivity contribution in [3.63, 3.8) is 0 Å². The van der Waals surface area contributed by atoms with Crippen LogP contribution in [0.3, 0.4) is 0 Å². The molecule has 1 saturated carbocycles. The van der Waals surface area contributed by atoms with Gasteiger partial charge in [0.2, 0.25) is 5.95 Å². The molecule has 0 bridgehead atoms. The lowest BCUT2D eigenvalue weighted by Gasteiger charge is -2.12. The lowest BCUT2D eigenvalue weighted by atomic mass is 10.1. The van der Waals surface area contributed by atoms with Crippen LogP contribution in [-0.2, 0) is 0 Å². The molecule has 0 spiro atoms. The Kier molecular flexibility index (Phi) is 3.38. The zero-order valence-electron chi connectivity index (χ0n) is 14.4. The Balaban J connectivity index is 1.79. The van der Waals surface area contributed by atoms with Crippen molar-refractivity contribution in [1.82, 2.24) is 19.6 Å². The first kappa shape index (κ1) is 15.3. The summed E-state index contributed by atoms with van der Waals surface area (Å²) in [5.74, 6) is 1.49. The van der Waals surface area contributed by atoms with Gasteiger partial charge in [0.25, 0.3) is 0 Å². The molecule has 0 saturated heterocycles. The predicted octanol–water partition coefficient (Wildman–Crippen LogP) is 4.21. The summed E-state index contributed by atoms with van der Waals surface area (Å²) in [4.78, 5) is 4.78. The van der Waals surface area contributed by atoms with Crippen molar-refractivity contribution in [2.75, 3.05) is 11.9 Å². The number of hydrogen-bond donors (Lipinski definition) is 1. The summed E-state index contributed by atoms with van der Waals surface area (Å²) in [6.45, 7) is 2.89. The third-order valence-electron chi connectivity index (χ3n) is 4.85. The molecule has 1 fully saturated rings. The lowest BCUT2D eigenvalue weighted by molar-refractivity contribution is 0.629. The quantitative estimate of drug-likeness (QED) is 0.601. The fourth-order valence-corrected chi connectivity index (χ4v) is 3.24. The molecule has 1 N–H and O–H groups in total. The van der Waals surface area contributed by atoms with Crippen molar-refractivity contribution in [1.29, 1.82) is 0 Å². The van der Waals surface area contributed by atoms with Crippen LogP contribution >= 0.6 is 0 Å². The van der Waals surface area contributed by atoms with Crippen LogP contribution in [0.5, 0.6) is 0 Å². The van der Waals surface area contributed by atoms with Crippen molar-refractivity contribution < 1.29 is 4.39 Å². The highest BCUT2D eigenvalue weighted by Crippen LogP contribution is 2.31. The standard InChI is InChI=1S/C20H18FN5/c1-12-6-9-17-15(10-12)19-25-24-18(14-4-2-3-5-16(14)21)26(19)20(23-17)22-11-13-7-8-13/h2-6,9-10,13H,7-8,11H2,1H3,(H,22,23). The Hall–Kier alpha value is -3.02. The first-order chi connectivity index (χ1) is 12.7. The van der Waals surface area contributed by atoms with Gasteiger partial charge in [-0.15, -0.1) is 10.2 Å². The maximum Gasteiger partial charge on any atom is 0.211 e. The Bertz CT molecular complexity index is 1130. The van der Waals surface area contributed by atoms with Gasteiger partial charge in [-0.05, 0) is 49.9 Å². The number of aromatic nitrogens is 4. The van der Waals surface area contributed by atoms with E-state index in [0.29, 0.717) is 28.9 Å². The van der Waals surface area contributed by atoms with Crippen molar-refractivity contribution in [3.05, 3.63) is 53.8 Å². The van der Waals surface area contributed by atoms with E-state index in [1.165, 1.54) is 18.9 Å². The van der Waals surface area contributed by atoms with Crippen molar-refractivity contribution >= 4 is 22.5 Å². The highest BCUT2D eigenvalue weighted by atomic mass is 19.1. The third kappa shape index (κ3) is 2.49. The molecule has 0 aliphatic heterocycles. The van der Waals surface area contributed by atoms with E-state index in [9.17, 15) is 4.39 Å². The minimum absolute atomic E-state index is 0.320. The summed E-state index contributed by atoms with van der Waals surface area (Å²) in [6.07, 6.45) is 2.48. The summed E-state index contributed by atoms with van der Waals surface area (Å²) >= 11 is 0. The van der Waals surface area contributed by atoms with E-state index in [0.717, 1.165) is 23.0 Å². The molecule has 5 nitrogen and oxygen atoms in total. The molecule has 130 valence electrons. The average molecular weight is 347 g/mol. The maximum absolute atomic E-state index is 14.4. The van der Waals surface area contributed by atoms with Crippen LogP contribution in [0.15, 0.2) is 42.5 Å². The van der Waals surface area contributed by atoms with E-state index in [4.69, 9.17) is 4.98 Å². The number of anilines is 1. The normalized spacial score (nSPS) is 14.2. The first-order valence-electron chi connectivity index (χ1n) is 8.85. The highest BCUT2D eigenvalue weighted by Gasteiger charge is 2.23. The Morgan fingerprint density at radius 2 is 2.00 bits per heavy atom. The minimum atomic E-state index is -0.320. The molecule has 0 atom stereocenters. The van der Waals surface area contributed by atoms with E-state index in [-0.39, 0.29) is 5.82 Å². The molecule has 1 aliphatic rings. The van der Waals surface area contributed by atoms with Gasteiger partial charge in [-0.2, -0.15) is 0 Å². The molecule has 0 radical (unpaired) electrons. The molecule has 2 aromatic carbocycles. The van der Waals surface area contributed by atoms with Gasteiger partial charge in [0, 0.05) is 11.9 Å². The highest BCUT2D eigenvalue weighted by molar-refractivity contribution is 5.93. The largest absolute Gasteiger partial charge is 0.355 e. The molecule has 0 unspecified atom stereocenters. The van der Waals surface area contributed by atoms with Gasteiger partial charge in [0.1, 0.15) is 5.82 Å². The van der Waals surface area contributed by atoms with E-state index in [2.05, 4.69) is 15.5 Å². The summed E-state index contributed by atoms with van der Waals surface area (Å²) < 4.78 is 16.2.